The molecule has 2 aliphatic heterocycles. The number of ether oxygens (including phenoxy) is 2. The number of hydrogen-bond acceptors (Lipinski definition) is 5. The van der Waals surface area contributed by atoms with Crippen molar-refractivity contribution in [2.45, 2.75) is 80.9 Å². The number of likely N-dealkylation sites (tertiary alicyclic amines) is 1. The van der Waals surface area contributed by atoms with Crippen LogP contribution in [0.1, 0.15) is 61.6 Å². The summed E-state index contributed by atoms with van der Waals surface area (Å²) >= 11 is 0. The minimum atomic E-state index is -0.541. The Balaban J connectivity index is 1.27. The molecule has 1 unspecified atom stereocenters. The summed E-state index contributed by atoms with van der Waals surface area (Å²) in [7, 11) is 0. The van der Waals surface area contributed by atoms with E-state index >= 15 is 0 Å². The van der Waals surface area contributed by atoms with Gasteiger partial charge in [0.2, 0.25) is 0 Å². The monoisotopic (exact) mass is 473 g/mol. The first-order valence-corrected chi connectivity index (χ1v) is 13.6. The van der Waals surface area contributed by atoms with Crippen LogP contribution >= 0.6 is 0 Å². The Labute approximate surface area is 207 Å². The van der Waals surface area contributed by atoms with Gasteiger partial charge in [0, 0.05) is 31.2 Å². The average molecular weight is 474 g/mol. The number of piperidine rings is 1. The van der Waals surface area contributed by atoms with Crippen LogP contribution in [0.4, 0.5) is 0 Å². The highest BCUT2D eigenvalue weighted by atomic mass is 16.5. The molecule has 2 saturated carbocycles. The Morgan fingerprint density at radius 2 is 1.97 bits per heavy atom. The van der Waals surface area contributed by atoms with Crippen molar-refractivity contribution in [3.05, 3.63) is 59.2 Å². The molecule has 0 aromatic heterocycles. The standard InChI is InChI=1S/C30H35NO4/c32-23-12-11-22-18-25-30(34-17-5-10-20-6-2-1-3-7-20)14-13-24(33)28-29(30,26(22)27(23)35-28)15-16-31(25)19-21-8-4-9-21/h1-3,6-7,11-12,21,25,28,32H,4-5,8-10,13-19H2/t25-,28?,29+,30-/m1/s1. The van der Waals surface area contributed by atoms with Crippen molar-refractivity contribution in [3.63, 3.8) is 0 Å². The summed E-state index contributed by atoms with van der Waals surface area (Å²) in [6, 6.07) is 14.7. The van der Waals surface area contributed by atoms with Crippen LogP contribution < -0.4 is 4.74 Å². The molecule has 4 atom stereocenters. The van der Waals surface area contributed by atoms with Crippen LogP contribution in [0.5, 0.6) is 11.5 Å². The van der Waals surface area contributed by atoms with Gasteiger partial charge in [-0.2, -0.15) is 0 Å². The molecule has 3 fully saturated rings. The van der Waals surface area contributed by atoms with E-state index in [1.165, 1.54) is 30.4 Å². The number of phenols is 1. The highest BCUT2D eigenvalue weighted by molar-refractivity contribution is 5.90. The fraction of sp³-hybridized carbons (Fsp3) is 0.567. The fourth-order valence-corrected chi connectivity index (χ4v) is 8.08. The van der Waals surface area contributed by atoms with E-state index in [1.807, 2.05) is 0 Å². The quantitative estimate of drug-likeness (QED) is 0.597. The number of carbonyl (C=O) groups is 1. The van der Waals surface area contributed by atoms with Gasteiger partial charge in [-0.1, -0.05) is 42.8 Å². The first-order valence-electron chi connectivity index (χ1n) is 13.6. The normalized spacial score (nSPS) is 33.2. The van der Waals surface area contributed by atoms with Crippen LogP contribution in [0.2, 0.25) is 0 Å². The van der Waals surface area contributed by atoms with Gasteiger partial charge < -0.3 is 14.6 Å². The van der Waals surface area contributed by atoms with E-state index in [0.29, 0.717) is 18.8 Å². The summed E-state index contributed by atoms with van der Waals surface area (Å²) in [6.07, 6.45) is 8.41. The molecule has 0 radical (unpaired) electrons. The molecule has 1 saturated heterocycles. The number of rotatable bonds is 7. The number of phenolic OH excluding ortho intramolecular Hbond substituents is 1. The molecule has 2 heterocycles. The molecule has 5 nitrogen and oxygen atoms in total. The van der Waals surface area contributed by atoms with Gasteiger partial charge in [0.05, 0.1) is 11.0 Å². The maximum Gasteiger partial charge on any atom is 0.174 e. The van der Waals surface area contributed by atoms with Crippen molar-refractivity contribution in [1.29, 1.82) is 0 Å². The molecule has 2 bridgehead atoms. The van der Waals surface area contributed by atoms with Crippen LogP contribution in [0.25, 0.3) is 0 Å². The molecule has 0 amide bonds. The van der Waals surface area contributed by atoms with E-state index < -0.39 is 17.1 Å². The number of hydrogen-bond donors (Lipinski definition) is 1. The molecule has 5 heteroatoms. The highest BCUT2D eigenvalue weighted by Crippen LogP contribution is 2.66. The van der Waals surface area contributed by atoms with Gasteiger partial charge in [-0.05, 0) is 74.6 Å². The number of Topliss-reactive ketones (excluding diaryl/α,β-unsaturated/α-hetero) is 1. The predicted molar refractivity (Wildman–Crippen MR) is 133 cm³/mol. The lowest BCUT2D eigenvalue weighted by Gasteiger charge is -2.64. The van der Waals surface area contributed by atoms with Crippen LogP contribution in [0, 0.1) is 5.92 Å². The third-order valence-corrected chi connectivity index (χ3v) is 9.86. The Kier molecular flexibility index (Phi) is 5.05. The van der Waals surface area contributed by atoms with E-state index in [1.54, 1.807) is 6.07 Å². The summed E-state index contributed by atoms with van der Waals surface area (Å²) in [6.45, 7) is 2.78. The first-order chi connectivity index (χ1) is 17.1. The molecular formula is C30H35NO4. The molecule has 1 N–H and O–H groups in total. The summed E-state index contributed by atoms with van der Waals surface area (Å²) in [5.41, 5.74) is 2.72. The second kappa shape index (κ2) is 8.07. The second-order valence-electron chi connectivity index (χ2n) is 11.5. The zero-order chi connectivity index (χ0) is 23.6. The van der Waals surface area contributed by atoms with Crippen molar-refractivity contribution in [3.8, 4) is 11.5 Å². The number of carbonyl (C=O) groups excluding carboxylic acids is 1. The summed E-state index contributed by atoms with van der Waals surface area (Å²) in [5, 5.41) is 10.7. The molecule has 2 aromatic rings. The predicted octanol–water partition coefficient (Wildman–Crippen LogP) is 4.57. The van der Waals surface area contributed by atoms with E-state index in [-0.39, 0.29) is 17.6 Å². The Morgan fingerprint density at radius 3 is 2.77 bits per heavy atom. The van der Waals surface area contributed by atoms with E-state index in [4.69, 9.17) is 9.47 Å². The second-order valence-corrected chi connectivity index (χ2v) is 11.5. The maximum absolute atomic E-state index is 13.3. The van der Waals surface area contributed by atoms with Crippen LogP contribution in [-0.2, 0) is 27.8 Å². The smallest absolute Gasteiger partial charge is 0.174 e. The van der Waals surface area contributed by atoms with Crippen LogP contribution in [-0.4, -0.2) is 53.2 Å². The van der Waals surface area contributed by atoms with Crippen LogP contribution in [0.3, 0.4) is 0 Å². The summed E-state index contributed by atoms with van der Waals surface area (Å²) < 4.78 is 13.5. The van der Waals surface area contributed by atoms with Gasteiger partial charge >= 0.3 is 0 Å². The Bertz CT molecular complexity index is 1140. The third-order valence-electron chi connectivity index (χ3n) is 9.86. The molecule has 5 aliphatic rings. The number of nitrogens with zero attached hydrogens (tertiary/aromatic N) is 1. The lowest BCUT2D eigenvalue weighted by Crippen LogP contribution is -2.77. The minimum absolute atomic E-state index is 0.161. The Morgan fingerprint density at radius 1 is 1.11 bits per heavy atom. The zero-order valence-electron chi connectivity index (χ0n) is 20.4. The molecule has 2 aromatic carbocycles. The van der Waals surface area contributed by atoms with Gasteiger partial charge in [0.1, 0.15) is 0 Å². The summed E-state index contributed by atoms with van der Waals surface area (Å²) in [4.78, 5) is 16.0. The van der Waals surface area contributed by atoms with E-state index in [2.05, 4.69) is 41.3 Å². The summed E-state index contributed by atoms with van der Waals surface area (Å²) in [5.74, 6) is 1.67. The van der Waals surface area contributed by atoms with Crippen molar-refractivity contribution in [2.75, 3.05) is 19.7 Å². The molecule has 7 rings (SSSR count). The van der Waals surface area contributed by atoms with Crippen molar-refractivity contribution < 1.29 is 19.4 Å². The van der Waals surface area contributed by atoms with Gasteiger partial charge in [-0.15, -0.1) is 0 Å². The SMILES string of the molecule is O=C1CC[C@@]2(OCCCc3ccccc3)[C@H]3Cc4ccc(O)c5c4[C@@]2(CCN3CC2CCC2)C1O5. The van der Waals surface area contributed by atoms with E-state index in [9.17, 15) is 9.90 Å². The first kappa shape index (κ1) is 21.9. The average Bonchev–Trinajstić information content (AvgIpc) is 3.20. The molecule has 184 valence electrons. The number of aromatic hydroxyl groups is 1. The fourth-order valence-electron chi connectivity index (χ4n) is 8.08. The Hall–Kier alpha value is -2.37. The minimum Gasteiger partial charge on any atom is -0.504 e. The molecular weight excluding hydrogens is 438 g/mol. The lowest BCUT2D eigenvalue weighted by molar-refractivity contribution is -0.215. The topological polar surface area (TPSA) is 59.0 Å². The van der Waals surface area contributed by atoms with E-state index in [0.717, 1.165) is 56.7 Å². The van der Waals surface area contributed by atoms with Crippen molar-refractivity contribution in [2.24, 2.45) is 5.92 Å². The number of benzene rings is 2. The van der Waals surface area contributed by atoms with Gasteiger partial charge in [0.15, 0.2) is 23.4 Å². The van der Waals surface area contributed by atoms with Gasteiger partial charge in [-0.3, -0.25) is 9.69 Å². The zero-order valence-corrected chi connectivity index (χ0v) is 20.4. The number of ketones is 1. The lowest BCUT2D eigenvalue weighted by atomic mass is 9.48. The molecule has 35 heavy (non-hydrogen) atoms. The van der Waals surface area contributed by atoms with Gasteiger partial charge in [-0.25, -0.2) is 0 Å². The highest BCUT2D eigenvalue weighted by Gasteiger charge is 2.74. The number of aryl methyl sites for hydroxylation is 1. The van der Waals surface area contributed by atoms with Gasteiger partial charge in [0.25, 0.3) is 0 Å². The van der Waals surface area contributed by atoms with Crippen molar-refractivity contribution in [1.82, 2.24) is 4.90 Å². The van der Waals surface area contributed by atoms with Crippen LogP contribution in [0.15, 0.2) is 42.5 Å². The third kappa shape index (κ3) is 3.04. The maximum atomic E-state index is 13.3. The van der Waals surface area contributed by atoms with Crippen molar-refractivity contribution >= 4 is 5.78 Å². The molecule has 3 aliphatic carbocycles. The molecule has 1 spiro atoms. The largest absolute Gasteiger partial charge is 0.504 e.